The van der Waals surface area contributed by atoms with E-state index in [2.05, 4.69) is 87.2 Å². The molecule has 1 aromatic heterocycles. The van der Waals surface area contributed by atoms with E-state index in [1.807, 2.05) is 0 Å². The van der Waals surface area contributed by atoms with Gasteiger partial charge in [-0.25, -0.2) is 0 Å². The van der Waals surface area contributed by atoms with Crippen LogP contribution >= 0.6 is 0 Å². The van der Waals surface area contributed by atoms with E-state index in [9.17, 15) is 0 Å². The maximum absolute atomic E-state index is 6.78. The number of nitrogens with zero attached hydrogens (tertiary/aromatic N) is 2. The van der Waals surface area contributed by atoms with Gasteiger partial charge in [-0.15, -0.1) is 0 Å². The highest BCUT2D eigenvalue weighted by Crippen LogP contribution is 2.61. The fourth-order valence-electron chi connectivity index (χ4n) is 7.68. The van der Waals surface area contributed by atoms with E-state index >= 15 is 0 Å². The first-order chi connectivity index (χ1) is 16.0. The second-order valence-electron chi connectivity index (χ2n) is 11.0. The van der Waals surface area contributed by atoms with Gasteiger partial charge in [0.15, 0.2) is 5.58 Å². The van der Waals surface area contributed by atoms with Crippen molar-refractivity contribution in [2.45, 2.75) is 84.7 Å². The molecule has 0 amide bonds. The fraction of sp³-hybridized carbons (Fsp3) is 0.533. The van der Waals surface area contributed by atoms with Gasteiger partial charge < -0.3 is 14.2 Å². The van der Waals surface area contributed by atoms with E-state index in [4.69, 9.17) is 4.42 Å². The fourth-order valence-corrected chi connectivity index (χ4v) is 7.68. The SMILES string of the molecule is CCCCc1ccc2c(c1)oc1c3c(ccc12)C(CC)(CC)C(C)[C@@]1(C)CCN2C=CN3[C@@H]21. The highest BCUT2D eigenvalue weighted by atomic mass is 16.3. The number of fused-ring (bicyclic) bond motifs is 6. The topological polar surface area (TPSA) is 19.6 Å². The lowest BCUT2D eigenvalue weighted by Crippen LogP contribution is -2.49. The Labute approximate surface area is 198 Å². The molecule has 0 aliphatic carbocycles. The Morgan fingerprint density at radius 2 is 1.82 bits per heavy atom. The van der Waals surface area contributed by atoms with E-state index in [0.29, 0.717) is 12.1 Å². The molecule has 3 nitrogen and oxygen atoms in total. The molecule has 3 atom stereocenters. The van der Waals surface area contributed by atoms with Crippen molar-refractivity contribution in [2.75, 3.05) is 11.4 Å². The van der Waals surface area contributed by atoms with Crippen molar-refractivity contribution in [3.05, 3.63) is 53.9 Å². The van der Waals surface area contributed by atoms with Crippen LogP contribution in [0.1, 0.15) is 77.8 Å². The van der Waals surface area contributed by atoms with Gasteiger partial charge in [-0.2, -0.15) is 0 Å². The van der Waals surface area contributed by atoms with Crippen molar-refractivity contribution in [3.63, 3.8) is 0 Å². The van der Waals surface area contributed by atoms with Crippen LogP contribution in [0.2, 0.25) is 0 Å². The quantitative estimate of drug-likeness (QED) is 0.399. The smallest absolute Gasteiger partial charge is 0.159 e. The molecule has 3 aliphatic rings. The van der Waals surface area contributed by atoms with Crippen LogP contribution in [0.25, 0.3) is 21.9 Å². The third-order valence-corrected chi connectivity index (χ3v) is 9.87. The number of furan rings is 1. The van der Waals surface area contributed by atoms with Crippen LogP contribution in [0.3, 0.4) is 0 Å². The van der Waals surface area contributed by atoms with Crippen molar-refractivity contribution < 1.29 is 4.42 Å². The highest BCUT2D eigenvalue weighted by molar-refractivity contribution is 6.10. The minimum absolute atomic E-state index is 0.151. The summed E-state index contributed by atoms with van der Waals surface area (Å²) in [7, 11) is 0. The van der Waals surface area contributed by atoms with E-state index in [1.165, 1.54) is 46.8 Å². The van der Waals surface area contributed by atoms with Crippen LogP contribution in [0, 0.1) is 11.3 Å². The summed E-state index contributed by atoms with van der Waals surface area (Å²) in [6, 6.07) is 11.7. The summed E-state index contributed by atoms with van der Waals surface area (Å²) in [4.78, 5) is 5.15. The molecule has 3 aromatic rings. The summed E-state index contributed by atoms with van der Waals surface area (Å²) >= 11 is 0. The van der Waals surface area contributed by atoms with E-state index in [1.54, 1.807) is 0 Å². The number of aryl methyl sites for hydroxylation is 1. The first kappa shape index (κ1) is 21.1. The molecule has 174 valence electrons. The van der Waals surface area contributed by atoms with Gasteiger partial charge >= 0.3 is 0 Å². The average molecular weight is 443 g/mol. The lowest BCUT2D eigenvalue weighted by Gasteiger charge is -2.46. The number of hydrogen-bond acceptors (Lipinski definition) is 3. The molecule has 33 heavy (non-hydrogen) atoms. The number of rotatable bonds is 5. The van der Waals surface area contributed by atoms with Gasteiger partial charge in [0, 0.05) is 40.5 Å². The lowest BCUT2D eigenvalue weighted by molar-refractivity contribution is 0.0782. The van der Waals surface area contributed by atoms with Gasteiger partial charge in [0.05, 0.1) is 5.69 Å². The van der Waals surface area contributed by atoms with Gasteiger partial charge in [0.25, 0.3) is 0 Å². The zero-order valence-corrected chi connectivity index (χ0v) is 20.9. The molecule has 0 N–H and O–H groups in total. The zero-order chi connectivity index (χ0) is 23.0. The van der Waals surface area contributed by atoms with Crippen molar-refractivity contribution in [1.29, 1.82) is 0 Å². The normalized spacial score (nSPS) is 27.4. The van der Waals surface area contributed by atoms with Gasteiger partial charge in [-0.3, -0.25) is 0 Å². The Kier molecular flexibility index (Phi) is 4.67. The van der Waals surface area contributed by atoms with Crippen LogP contribution < -0.4 is 4.90 Å². The zero-order valence-electron chi connectivity index (χ0n) is 20.9. The van der Waals surface area contributed by atoms with E-state index in [-0.39, 0.29) is 10.8 Å². The van der Waals surface area contributed by atoms with Crippen molar-refractivity contribution in [1.82, 2.24) is 4.90 Å². The summed E-state index contributed by atoms with van der Waals surface area (Å²) in [5.41, 5.74) is 6.70. The lowest BCUT2D eigenvalue weighted by atomic mass is 9.57. The third-order valence-electron chi connectivity index (χ3n) is 9.87. The summed E-state index contributed by atoms with van der Waals surface area (Å²) in [5, 5.41) is 2.51. The van der Waals surface area contributed by atoms with E-state index < -0.39 is 0 Å². The Hall–Kier alpha value is -2.42. The number of unbranched alkanes of at least 4 members (excludes halogenated alkanes) is 1. The average Bonchev–Trinajstić information content (AvgIpc) is 3.50. The van der Waals surface area contributed by atoms with Gasteiger partial charge in [-0.05, 0) is 55.2 Å². The monoisotopic (exact) mass is 442 g/mol. The second kappa shape index (κ2) is 7.29. The van der Waals surface area contributed by atoms with Gasteiger partial charge in [0.1, 0.15) is 11.7 Å². The molecule has 0 spiro atoms. The van der Waals surface area contributed by atoms with Crippen LogP contribution in [-0.4, -0.2) is 17.6 Å². The molecule has 1 unspecified atom stereocenters. The number of benzene rings is 2. The summed E-state index contributed by atoms with van der Waals surface area (Å²) in [5.74, 6) is 0.584. The maximum Gasteiger partial charge on any atom is 0.159 e. The molecular formula is C30H38N2O. The minimum atomic E-state index is 0.151. The Balaban J connectivity index is 1.65. The molecule has 0 bridgehead atoms. The summed E-state index contributed by atoms with van der Waals surface area (Å²) in [6.07, 6.45) is 12.2. The molecule has 1 saturated heterocycles. The third kappa shape index (κ3) is 2.63. The van der Waals surface area contributed by atoms with Crippen molar-refractivity contribution in [3.8, 4) is 0 Å². The van der Waals surface area contributed by atoms with Gasteiger partial charge in [0.2, 0.25) is 0 Å². The maximum atomic E-state index is 6.78. The minimum Gasteiger partial charge on any atom is -0.454 e. The molecular weight excluding hydrogens is 404 g/mol. The Morgan fingerprint density at radius 3 is 2.58 bits per heavy atom. The Bertz CT molecular complexity index is 1250. The molecule has 3 aliphatic heterocycles. The second-order valence-corrected chi connectivity index (χ2v) is 11.0. The first-order valence-corrected chi connectivity index (χ1v) is 13.2. The van der Waals surface area contributed by atoms with Crippen LogP contribution in [-0.2, 0) is 11.8 Å². The number of anilines is 1. The van der Waals surface area contributed by atoms with Crippen LogP contribution in [0.5, 0.6) is 0 Å². The van der Waals surface area contributed by atoms with E-state index in [0.717, 1.165) is 37.0 Å². The molecule has 0 radical (unpaired) electrons. The molecule has 3 heteroatoms. The molecule has 1 fully saturated rings. The predicted octanol–water partition coefficient (Wildman–Crippen LogP) is 7.97. The van der Waals surface area contributed by atoms with Crippen molar-refractivity contribution in [2.24, 2.45) is 11.3 Å². The first-order valence-electron chi connectivity index (χ1n) is 13.2. The highest BCUT2D eigenvalue weighted by Gasteiger charge is 2.59. The molecule has 6 rings (SSSR count). The summed E-state index contributed by atoms with van der Waals surface area (Å²) < 4.78 is 6.78. The Morgan fingerprint density at radius 1 is 1.03 bits per heavy atom. The number of hydrogen-bond donors (Lipinski definition) is 0. The summed E-state index contributed by atoms with van der Waals surface area (Å²) in [6.45, 7) is 13.3. The van der Waals surface area contributed by atoms with Gasteiger partial charge in [-0.1, -0.05) is 65.3 Å². The molecule has 4 heterocycles. The van der Waals surface area contributed by atoms with Crippen LogP contribution in [0.4, 0.5) is 5.69 Å². The van der Waals surface area contributed by atoms with Crippen LogP contribution in [0.15, 0.2) is 47.1 Å². The standard InChI is InChI=1S/C30H38N2O/c1-6-9-10-21-11-12-22-23-13-14-24-26(27(23)33-25(22)19-21)32-18-17-31-16-15-29(5,28(31)32)20(4)30(24,7-2)8-3/h11-14,17-20,28H,6-10,15-16H2,1-5H3/t20?,28-,29-/m1/s1. The largest absolute Gasteiger partial charge is 0.454 e. The van der Waals surface area contributed by atoms with Crippen molar-refractivity contribution >= 4 is 27.6 Å². The predicted molar refractivity (Wildman–Crippen MR) is 139 cm³/mol. The molecule has 2 aromatic carbocycles. The molecule has 0 saturated carbocycles.